The zero-order chi connectivity index (χ0) is 22.1. The number of para-hydroxylation sites is 1. The van der Waals surface area contributed by atoms with Gasteiger partial charge in [-0.15, -0.1) is 10.2 Å². The molecule has 3 heteroatoms. The molecule has 6 aromatic rings. The summed E-state index contributed by atoms with van der Waals surface area (Å²) in [6.45, 7) is 6.12. The fourth-order valence-electron chi connectivity index (χ4n) is 4.35. The number of aromatic nitrogens is 3. The lowest BCUT2D eigenvalue weighted by Gasteiger charge is -2.10. The van der Waals surface area contributed by atoms with Crippen LogP contribution in [0, 0.1) is 6.92 Å². The van der Waals surface area contributed by atoms with Crippen molar-refractivity contribution >= 4 is 27.3 Å². The number of aryl methyl sites for hydroxylation is 1. The molecule has 0 saturated carbocycles. The number of fused-ring (bicyclic) bond motifs is 6. The first-order chi connectivity index (χ1) is 15.8. The third-order valence-electron chi connectivity index (χ3n) is 5.74. The number of nitrogens with zero attached hydrogens (tertiary/aromatic N) is 3. The molecule has 0 amide bonds. The lowest BCUT2D eigenvalue weighted by atomic mass is 10.0. The van der Waals surface area contributed by atoms with E-state index in [-0.39, 0.29) is 0 Å². The molecule has 0 fully saturated rings. The Morgan fingerprint density at radius 2 is 1.19 bits per heavy atom. The number of rotatable bonds is 2. The van der Waals surface area contributed by atoms with Crippen LogP contribution in [0.4, 0.5) is 0 Å². The van der Waals surface area contributed by atoms with Gasteiger partial charge in [-0.3, -0.25) is 4.40 Å². The first kappa shape index (κ1) is 20.0. The molecule has 2 heterocycles. The van der Waals surface area contributed by atoms with E-state index in [1.807, 2.05) is 13.8 Å². The van der Waals surface area contributed by atoms with Crippen molar-refractivity contribution < 1.29 is 0 Å². The molecule has 0 aliphatic heterocycles. The van der Waals surface area contributed by atoms with Gasteiger partial charge < -0.3 is 0 Å². The van der Waals surface area contributed by atoms with Gasteiger partial charge in [0.1, 0.15) is 0 Å². The fourth-order valence-corrected chi connectivity index (χ4v) is 4.35. The quantitative estimate of drug-likeness (QED) is 0.271. The Balaban J connectivity index is 0.00000105. The SMILES string of the molecule is CC.Cc1cccc(-c2cccc(-c3nnc4c5ccccc5c5ccccc5n34)c2)c1. The van der Waals surface area contributed by atoms with Gasteiger partial charge in [0, 0.05) is 16.3 Å². The Labute approximate surface area is 188 Å². The molecule has 0 unspecified atom stereocenters. The highest BCUT2D eigenvalue weighted by Gasteiger charge is 2.15. The second-order valence-corrected chi connectivity index (χ2v) is 7.70. The van der Waals surface area contributed by atoms with E-state index in [0.717, 1.165) is 27.9 Å². The van der Waals surface area contributed by atoms with Gasteiger partial charge in [-0.25, -0.2) is 0 Å². The second kappa shape index (κ2) is 8.27. The fraction of sp³-hybridized carbons (Fsp3) is 0.103. The molecule has 6 rings (SSSR count). The van der Waals surface area contributed by atoms with Crippen molar-refractivity contribution in [1.29, 1.82) is 0 Å². The largest absolute Gasteiger partial charge is 0.274 e. The number of benzene rings is 4. The minimum Gasteiger partial charge on any atom is -0.274 e. The lowest BCUT2D eigenvalue weighted by Crippen LogP contribution is -1.94. The van der Waals surface area contributed by atoms with Crippen molar-refractivity contribution in [3.8, 4) is 22.5 Å². The van der Waals surface area contributed by atoms with Crippen molar-refractivity contribution in [3.63, 3.8) is 0 Å². The molecule has 2 aromatic heterocycles. The Hall–Kier alpha value is -3.98. The number of hydrogen-bond acceptors (Lipinski definition) is 2. The van der Waals surface area contributed by atoms with Crippen molar-refractivity contribution in [1.82, 2.24) is 14.6 Å². The zero-order valence-corrected chi connectivity index (χ0v) is 18.6. The number of pyridine rings is 1. The van der Waals surface area contributed by atoms with Crippen LogP contribution < -0.4 is 0 Å². The van der Waals surface area contributed by atoms with Crippen molar-refractivity contribution in [2.45, 2.75) is 20.8 Å². The van der Waals surface area contributed by atoms with Crippen molar-refractivity contribution in [3.05, 3.63) is 103 Å². The maximum Gasteiger partial charge on any atom is 0.169 e. The highest BCUT2D eigenvalue weighted by molar-refractivity contribution is 6.12. The predicted molar refractivity (Wildman–Crippen MR) is 135 cm³/mol. The molecule has 156 valence electrons. The Bertz CT molecular complexity index is 1560. The van der Waals surface area contributed by atoms with Crippen molar-refractivity contribution in [2.24, 2.45) is 0 Å². The number of hydrogen-bond donors (Lipinski definition) is 0. The molecule has 0 N–H and O–H groups in total. The molecule has 0 atom stereocenters. The summed E-state index contributed by atoms with van der Waals surface area (Å²) in [6.07, 6.45) is 0. The van der Waals surface area contributed by atoms with Crippen molar-refractivity contribution in [2.75, 3.05) is 0 Å². The lowest BCUT2D eigenvalue weighted by molar-refractivity contribution is 1.12. The second-order valence-electron chi connectivity index (χ2n) is 7.70. The molecular weight excluding hydrogens is 390 g/mol. The molecular formula is C29H25N3. The van der Waals surface area contributed by atoms with Crippen LogP contribution in [0.5, 0.6) is 0 Å². The van der Waals surface area contributed by atoms with Gasteiger partial charge in [-0.05, 0) is 35.6 Å². The predicted octanol–water partition coefficient (Wildman–Crippen LogP) is 7.70. The van der Waals surface area contributed by atoms with E-state index in [1.54, 1.807) is 0 Å². The van der Waals surface area contributed by atoms with Crippen LogP contribution >= 0.6 is 0 Å². The average Bonchev–Trinajstić information content (AvgIpc) is 3.31. The Morgan fingerprint density at radius 3 is 1.97 bits per heavy atom. The summed E-state index contributed by atoms with van der Waals surface area (Å²) in [5.41, 5.74) is 6.71. The monoisotopic (exact) mass is 415 g/mol. The summed E-state index contributed by atoms with van der Waals surface area (Å²) in [5.74, 6) is 0.862. The van der Waals surface area contributed by atoms with Gasteiger partial charge in [0.25, 0.3) is 0 Å². The minimum atomic E-state index is 0.862. The molecule has 3 nitrogen and oxygen atoms in total. The Morgan fingerprint density at radius 1 is 0.562 bits per heavy atom. The molecule has 32 heavy (non-hydrogen) atoms. The van der Waals surface area contributed by atoms with Crippen LogP contribution in [0.15, 0.2) is 97.1 Å². The van der Waals surface area contributed by atoms with E-state index in [9.17, 15) is 0 Å². The van der Waals surface area contributed by atoms with Gasteiger partial charge in [0.2, 0.25) is 0 Å². The minimum absolute atomic E-state index is 0.862. The van der Waals surface area contributed by atoms with E-state index in [2.05, 4.69) is 119 Å². The van der Waals surface area contributed by atoms with Crippen LogP contribution in [0.3, 0.4) is 0 Å². The van der Waals surface area contributed by atoms with Gasteiger partial charge in [0.05, 0.1) is 5.52 Å². The molecule has 0 radical (unpaired) electrons. The van der Waals surface area contributed by atoms with Crippen LogP contribution in [-0.4, -0.2) is 14.6 Å². The first-order valence-electron chi connectivity index (χ1n) is 11.1. The molecule has 4 aromatic carbocycles. The molecule has 0 aliphatic rings. The van der Waals surface area contributed by atoms with Gasteiger partial charge >= 0.3 is 0 Å². The van der Waals surface area contributed by atoms with Crippen LogP contribution in [0.2, 0.25) is 0 Å². The topological polar surface area (TPSA) is 30.2 Å². The maximum atomic E-state index is 4.63. The smallest absolute Gasteiger partial charge is 0.169 e. The summed E-state index contributed by atoms with van der Waals surface area (Å²) in [5, 5.41) is 12.8. The van der Waals surface area contributed by atoms with E-state index in [4.69, 9.17) is 0 Å². The van der Waals surface area contributed by atoms with Crippen LogP contribution in [-0.2, 0) is 0 Å². The van der Waals surface area contributed by atoms with E-state index < -0.39 is 0 Å². The first-order valence-corrected chi connectivity index (χ1v) is 11.1. The van der Waals surface area contributed by atoms with Gasteiger partial charge in [0.15, 0.2) is 11.5 Å². The molecule has 0 spiro atoms. The molecule has 0 aliphatic carbocycles. The summed E-state index contributed by atoms with van der Waals surface area (Å²) in [7, 11) is 0. The standard InChI is InChI=1S/C27H19N3.C2H6/c1-18-8-6-9-19(16-18)20-10-7-11-21(17-20)26-28-29-27-24-14-3-2-12-22(24)23-13-4-5-15-25(23)30(26)27;1-2/h2-17H,1H3;1-2H3. The third kappa shape index (κ3) is 3.23. The average molecular weight is 416 g/mol. The zero-order valence-electron chi connectivity index (χ0n) is 18.6. The Kier molecular flexibility index (Phi) is 5.16. The van der Waals surface area contributed by atoms with E-state index in [0.29, 0.717) is 0 Å². The summed E-state index contributed by atoms with van der Waals surface area (Å²) >= 11 is 0. The summed E-state index contributed by atoms with van der Waals surface area (Å²) in [6, 6.07) is 34.0. The highest BCUT2D eigenvalue weighted by Crippen LogP contribution is 2.33. The molecule has 0 saturated heterocycles. The van der Waals surface area contributed by atoms with E-state index in [1.165, 1.54) is 27.5 Å². The van der Waals surface area contributed by atoms with Crippen LogP contribution in [0.25, 0.3) is 49.8 Å². The third-order valence-corrected chi connectivity index (χ3v) is 5.74. The van der Waals surface area contributed by atoms with E-state index >= 15 is 0 Å². The van der Waals surface area contributed by atoms with Gasteiger partial charge in [-0.1, -0.05) is 104 Å². The normalized spacial score (nSPS) is 11.0. The summed E-state index contributed by atoms with van der Waals surface area (Å²) < 4.78 is 2.19. The molecule has 0 bridgehead atoms. The summed E-state index contributed by atoms with van der Waals surface area (Å²) in [4.78, 5) is 0. The maximum absolute atomic E-state index is 4.63. The van der Waals surface area contributed by atoms with Gasteiger partial charge in [-0.2, -0.15) is 0 Å². The van der Waals surface area contributed by atoms with Crippen LogP contribution in [0.1, 0.15) is 19.4 Å². The highest BCUT2D eigenvalue weighted by atomic mass is 15.2.